The molecule has 4 aromatic rings. The average Bonchev–Trinajstić information content (AvgIpc) is 2.93. The minimum absolute atomic E-state index is 0.0287. The van der Waals surface area contributed by atoms with E-state index in [0.717, 1.165) is 46.6 Å². The van der Waals surface area contributed by atoms with Crippen molar-refractivity contribution in [2.45, 2.75) is 44.6 Å². The van der Waals surface area contributed by atoms with Crippen LogP contribution in [-0.2, 0) is 6.61 Å². The van der Waals surface area contributed by atoms with Crippen LogP contribution in [0.4, 0.5) is 5.69 Å². The number of aromatic nitrogens is 2. The molecule has 1 aromatic heterocycles. The number of hydrogen-bond acceptors (Lipinski definition) is 6. The number of halogens is 3. The van der Waals surface area contributed by atoms with Crippen molar-refractivity contribution in [3.05, 3.63) is 106 Å². The van der Waals surface area contributed by atoms with Crippen LogP contribution in [0.15, 0.2) is 73.4 Å². The lowest BCUT2D eigenvalue weighted by molar-refractivity contribution is -0.385. The van der Waals surface area contributed by atoms with E-state index >= 15 is 0 Å². The van der Waals surface area contributed by atoms with Gasteiger partial charge < -0.3 is 4.74 Å². The zero-order valence-corrected chi connectivity index (χ0v) is 24.6. The van der Waals surface area contributed by atoms with Gasteiger partial charge in [-0.15, -0.1) is 0 Å². The fraction of sp³-hybridized carbons (Fsp3) is 0.250. The second-order valence-corrected chi connectivity index (χ2v) is 11.6. The van der Waals surface area contributed by atoms with Crippen LogP contribution in [0.2, 0.25) is 5.02 Å². The third-order valence-electron chi connectivity index (χ3n) is 6.67. The Labute approximate surface area is 246 Å². The van der Waals surface area contributed by atoms with Crippen LogP contribution < -0.4 is 10.3 Å². The van der Waals surface area contributed by atoms with E-state index in [2.05, 4.69) is 37.0 Å². The summed E-state index contributed by atoms with van der Waals surface area (Å²) in [7, 11) is 0. The molecule has 0 saturated heterocycles. The number of hydrogen-bond donors (Lipinski definition) is 0. The van der Waals surface area contributed by atoms with Crippen molar-refractivity contribution in [1.29, 1.82) is 0 Å². The van der Waals surface area contributed by atoms with E-state index in [0.29, 0.717) is 22.3 Å². The van der Waals surface area contributed by atoms with Gasteiger partial charge in [-0.25, -0.2) is 4.98 Å². The molecule has 200 valence electrons. The van der Waals surface area contributed by atoms with E-state index in [1.54, 1.807) is 6.07 Å². The molecule has 39 heavy (non-hydrogen) atoms. The van der Waals surface area contributed by atoms with Crippen molar-refractivity contribution >= 4 is 66.3 Å². The first-order valence-electron chi connectivity index (χ1n) is 12.4. The monoisotopic (exact) mass is 672 g/mol. The molecule has 0 N–H and O–H groups in total. The van der Waals surface area contributed by atoms with E-state index in [1.165, 1.54) is 23.0 Å². The molecule has 0 spiro atoms. The van der Waals surface area contributed by atoms with Gasteiger partial charge in [-0.05, 0) is 54.8 Å². The molecule has 1 heterocycles. The van der Waals surface area contributed by atoms with Crippen LogP contribution in [0.3, 0.4) is 0 Å². The predicted molar refractivity (Wildman–Crippen MR) is 159 cm³/mol. The van der Waals surface area contributed by atoms with Gasteiger partial charge >= 0.3 is 5.69 Å². The Hall–Kier alpha value is -3.08. The lowest BCUT2D eigenvalue weighted by Gasteiger charge is -2.22. The first-order chi connectivity index (χ1) is 18.8. The van der Waals surface area contributed by atoms with Crippen molar-refractivity contribution in [2.75, 3.05) is 0 Å². The van der Waals surface area contributed by atoms with Crippen LogP contribution in [0.25, 0.3) is 10.9 Å². The zero-order chi connectivity index (χ0) is 27.5. The van der Waals surface area contributed by atoms with Crippen molar-refractivity contribution in [3.8, 4) is 5.75 Å². The van der Waals surface area contributed by atoms with Crippen molar-refractivity contribution in [2.24, 2.45) is 5.10 Å². The minimum atomic E-state index is -0.547. The molecular formula is C28H23Br2ClN4O4. The maximum absolute atomic E-state index is 13.5. The number of benzene rings is 3. The Morgan fingerprint density at radius 3 is 2.51 bits per heavy atom. The number of ether oxygens (including phenoxy) is 1. The maximum atomic E-state index is 13.5. The van der Waals surface area contributed by atoms with E-state index < -0.39 is 4.92 Å². The zero-order valence-electron chi connectivity index (χ0n) is 20.6. The van der Waals surface area contributed by atoms with Crippen LogP contribution in [0, 0.1) is 10.1 Å². The normalized spacial score (nSPS) is 14.2. The van der Waals surface area contributed by atoms with Crippen molar-refractivity contribution < 1.29 is 9.66 Å². The van der Waals surface area contributed by atoms with Crippen LogP contribution in [-0.4, -0.2) is 20.8 Å². The Kier molecular flexibility index (Phi) is 8.44. The predicted octanol–water partition coefficient (Wildman–Crippen LogP) is 7.99. The van der Waals surface area contributed by atoms with E-state index in [-0.39, 0.29) is 34.5 Å². The van der Waals surface area contributed by atoms with Crippen LogP contribution >= 0.6 is 43.5 Å². The van der Waals surface area contributed by atoms with Crippen LogP contribution in [0.1, 0.15) is 55.0 Å². The summed E-state index contributed by atoms with van der Waals surface area (Å²) in [4.78, 5) is 29.7. The van der Waals surface area contributed by atoms with Gasteiger partial charge in [0.05, 0.1) is 27.1 Å². The van der Waals surface area contributed by atoms with Gasteiger partial charge in [0.1, 0.15) is 12.4 Å². The van der Waals surface area contributed by atoms with Gasteiger partial charge in [0, 0.05) is 26.5 Å². The van der Waals surface area contributed by atoms with Gasteiger partial charge in [0.25, 0.3) is 5.56 Å². The lowest BCUT2D eigenvalue weighted by atomic mass is 9.88. The highest BCUT2D eigenvalue weighted by molar-refractivity contribution is 9.10. The molecule has 1 saturated carbocycles. The summed E-state index contributed by atoms with van der Waals surface area (Å²) < 4.78 is 8.74. The maximum Gasteiger partial charge on any atom is 0.313 e. The fourth-order valence-electron chi connectivity index (χ4n) is 4.72. The summed E-state index contributed by atoms with van der Waals surface area (Å²) in [5.74, 6) is 0.670. The first kappa shape index (κ1) is 27.5. The van der Waals surface area contributed by atoms with E-state index in [4.69, 9.17) is 21.3 Å². The second-order valence-electron chi connectivity index (χ2n) is 9.35. The van der Waals surface area contributed by atoms with Crippen molar-refractivity contribution in [1.82, 2.24) is 9.66 Å². The third kappa shape index (κ3) is 6.23. The highest BCUT2D eigenvalue weighted by Crippen LogP contribution is 2.37. The molecule has 1 aliphatic rings. The summed E-state index contributed by atoms with van der Waals surface area (Å²) in [5, 5.41) is 16.9. The molecule has 0 radical (unpaired) electrons. The lowest BCUT2D eigenvalue weighted by Crippen LogP contribution is -2.25. The van der Waals surface area contributed by atoms with Gasteiger partial charge in [-0.1, -0.05) is 74.9 Å². The Balaban J connectivity index is 1.52. The number of nitro benzene ring substituents is 1. The van der Waals surface area contributed by atoms with Gasteiger partial charge in [0.15, 0.2) is 0 Å². The largest absolute Gasteiger partial charge is 0.481 e. The highest BCUT2D eigenvalue weighted by atomic mass is 79.9. The summed E-state index contributed by atoms with van der Waals surface area (Å²) in [5.41, 5.74) is 1.22. The second kappa shape index (κ2) is 12.0. The summed E-state index contributed by atoms with van der Waals surface area (Å²) in [6, 6.07) is 15.7. The number of nitro groups is 1. The summed E-state index contributed by atoms with van der Waals surface area (Å²) >= 11 is 13.2. The quantitative estimate of drug-likeness (QED) is 0.112. The topological polar surface area (TPSA) is 99.6 Å². The molecule has 0 atom stereocenters. The summed E-state index contributed by atoms with van der Waals surface area (Å²) in [6.07, 6.45) is 6.52. The van der Waals surface area contributed by atoms with Gasteiger partial charge in [-0.2, -0.15) is 9.78 Å². The Bertz CT molecular complexity index is 1630. The molecule has 3 aromatic carbocycles. The molecule has 0 aliphatic heterocycles. The molecule has 1 fully saturated rings. The number of rotatable bonds is 7. The van der Waals surface area contributed by atoms with E-state index in [9.17, 15) is 14.9 Å². The van der Waals surface area contributed by atoms with Crippen molar-refractivity contribution in [3.63, 3.8) is 0 Å². The molecule has 1 aliphatic carbocycles. The minimum Gasteiger partial charge on any atom is -0.481 e. The molecular weight excluding hydrogens is 652 g/mol. The standard InChI is InChI=1S/C28H23Br2ClN4O4/c29-20-8-6-17(7-9-20)16-39-26-23(31)12-18(13-25(26)35(37)38)15-32-34-27(19-4-2-1-3-5-19)33-24-11-10-21(30)14-22(24)28(34)36/h6-15,19H,1-5,16H2. The van der Waals surface area contributed by atoms with Gasteiger partial charge in [-0.3, -0.25) is 14.9 Å². The van der Waals surface area contributed by atoms with Crippen LogP contribution in [0.5, 0.6) is 5.75 Å². The number of nitrogens with zero attached hydrogens (tertiary/aromatic N) is 4. The average molecular weight is 675 g/mol. The smallest absolute Gasteiger partial charge is 0.313 e. The first-order valence-corrected chi connectivity index (χ1v) is 14.4. The summed E-state index contributed by atoms with van der Waals surface area (Å²) in [6.45, 7) is 0.111. The number of fused-ring (bicyclic) bond motifs is 1. The fourth-order valence-corrected chi connectivity index (χ4v) is 5.62. The molecule has 0 unspecified atom stereocenters. The SMILES string of the molecule is O=c1c2cc(Br)ccc2nc(C2CCCCC2)n1N=Cc1cc(Cl)c(OCc2ccc(Br)cc2)c([N+](=O)[O-])c1. The molecule has 5 rings (SSSR count). The molecule has 8 nitrogen and oxygen atoms in total. The molecule has 0 amide bonds. The Morgan fingerprint density at radius 1 is 1.08 bits per heavy atom. The molecule has 0 bridgehead atoms. The van der Waals surface area contributed by atoms with E-state index in [1.807, 2.05) is 36.4 Å². The molecule has 11 heteroatoms. The highest BCUT2D eigenvalue weighted by Gasteiger charge is 2.23. The Morgan fingerprint density at radius 2 is 1.79 bits per heavy atom. The van der Waals surface area contributed by atoms with Gasteiger partial charge in [0.2, 0.25) is 5.75 Å². The third-order valence-corrected chi connectivity index (χ3v) is 7.97.